The van der Waals surface area contributed by atoms with Gasteiger partial charge in [-0.25, -0.2) is 0 Å². The molecule has 0 atom stereocenters. The molecule has 7 heteroatoms. The molecule has 2 aromatic rings. The number of rotatable bonds is 5. The van der Waals surface area contributed by atoms with Gasteiger partial charge in [-0.15, -0.1) is 0 Å². The Hall–Kier alpha value is -2.70. The van der Waals surface area contributed by atoms with Gasteiger partial charge in [0.15, 0.2) is 5.82 Å². The fourth-order valence-electron chi connectivity index (χ4n) is 1.84. The average Bonchev–Trinajstić information content (AvgIpc) is 3.31. The summed E-state index contributed by atoms with van der Waals surface area (Å²) in [5.41, 5.74) is 6.43. The molecule has 0 spiro atoms. The van der Waals surface area contributed by atoms with Gasteiger partial charge in [-0.05, 0) is 25.0 Å². The third-order valence-electron chi connectivity index (χ3n) is 3.14. The molecule has 1 aromatic heterocycles. The zero-order chi connectivity index (χ0) is 14.8. The average molecular weight is 285 g/mol. The van der Waals surface area contributed by atoms with Crippen LogP contribution >= 0.6 is 0 Å². The van der Waals surface area contributed by atoms with Crippen LogP contribution in [0.3, 0.4) is 0 Å². The van der Waals surface area contributed by atoms with Gasteiger partial charge >= 0.3 is 6.01 Å². The molecule has 1 aliphatic rings. The van der Waals surface area contributed by atoms with Crippen molar-refractivity contribution in [2.75, 3.05) is 12.4 Å². The first kappa shape index (κ1) is 13.3. The largest absolute Gasteiger partial charge is 0.467 e. The summed E-state index contributed by atoms with van der Waals surface area (Å²) in [5.74, 6) is 0.519. The number of carbonyl (C=O) groups is 1. The maximum absolute atomic E-state index is 11.1. The summed E-state index contributed by atoms with van der Waals surface area (Å²) >= 11 is 0. The highest BCUT2D eigenvalue weighted by molar-refractivity contribution is 5.93. The molecule has 3 rings (SSSR count). The summed E-state index contributed by atoms with van der Waals surface area (Å²) in [4.78, 5) is 23.9. The number of primary amides is 1. The number of benzene rings is 1. The quantitative estimate of drug-likeness (QED) is 0.856. The van der Waals surface area contributed by atoms with Gasteiger partial charge in [0.25, 0.3) is 0 Å². The molecule has 3 N–H and O–H groups in total. The molecule has 1 heterocycles. The van der Waals surface area contributed by atoms with Gasteiger partial charge in [0.05, 0.1) is 7.11 Å². The van der Waals surface area contributed by atoms with Crippen LogP contribution in [0.25, 0.3) is 11.4 Å². The van der Waals surface area contributed by atoms with E-state index in [1.807, 2.05) is 0 Å². The Morgan fingerprint density at radius 3 is 2.52 bits per heavy atom. The second-order valence-corrected chi connectivity index (χ2v) is 4.83. The van der Waals surface area contributed by atoms with E-state index in [0.29, 0.717) is 23.4 Å². The van der Waals surface area contributed by atoms with Crippen molar-refractivity contribution in [3.8, 4) is 17.4 Å². The number of methoxy groups -OCH3 is 1. The number of hydrogen-bond donors (Lipinski definition) is 2. The molecule has 0 radical (unpaired) electrons. The van der Waals surface area contributed by atoms with Crippen molar-refractivity contribution in [1.29, 1.82) is 0 Å². The van der Waals surface area contributed by atoms with Crippen LogP contribution in [-0.2, 0) is 0 Å². The fraction of sp³-hybridized carbons (Fsp3) is 0.286. The molecule has 0 unspecified atom stereocenters. The zero-order valence-electron chi connectivity index (χ0n) is 11.5. The minimum atomic E-state index is -0.467. The Bertz CT molecular complexity index is 668. The number of amides is 1. The Balaban J connectivity index is 1.93. The highest BCUT2D eigenvalue weighted by Gasteiger charge is 2.22. The van der Waals surface area contributed by atoms with E-state index in [0.717, 1.165) is 18.4 Å². The molecule has 7 nitrogen and oxygen atoms in total. The van der Waals surface area contributed by atoms with Crippen molar-refractivity contribution >= 4 is 11.9 Å². The van der Waals surface area contributed by atoms with E-state index >= 15 is 0 Å². The molecule has 1 aromatic carbocycles. The van der Waals surface area contributed by atoms with Crippen molar-refractivity contribution in [3.63, 3.8) is 0 Å². The predicted octanol–water partition coefficient (Wildman–Crippen LogP) is 1.22. The van der Waals surface area contributed by atoms with Crippen LogP contribution in [0.5, 0.6) is 6.01 Å². The van der Waals surface area contributed by atoms with Crippen molar-refractivity contribution in [2.24, 2.45) is 5.73 Å². The molecule has 21 heavy (non-hydrogen) atoms. The standard InChI is InChI=1S/C14H15N5O2/c1-21-14-18-12(17-13(19-14)16-10-6-7-10)9-4-2-8(3-5-9)11(15)20/h2-5,10H,6-7H2,1H3,(H2,15,20)(H,16,17,18,19). The Morgan fingerprint density at radius 1 is 1.24 bits per heavy atom. The summed E-state index contributed by atoms with van der Waals surface area (Å²) in [6.07, 6.45) is 2.24. The van der Waals surface area contributed by atoms with E-state index in [-0.39, 0.29) is 6.01 Å². The minimum Gasteiger partial charge on any atom is -0.467 e. The molecule has 1 fully saturated rings. The number of carbonyl (C=O) groups excluding carboxylic acids is 1. The van der Waals surface area contributed by atoms with Crippen LogP contribution in [0, 0.1) is 0 Å². The van der Waals surface area contributed by atoms with Crippen molar-refractivity contribution in [3.05, 3.63) is 29.8 Å². The lowest BCUT2D eigenvalue weighted by Crippen LogP contribution is -2.10. The van der Waals surface area contributed by atoms with Crippen molar-refractivity contribution in [1.82, 2.24) is 15.0 Å². The van der Waals surface area contributed by atoms with Crippen LogP contribution in [-0.4, -0.2) is 34.0 Å². The smallest absolute Gasteiger partial charge is 0.321 e. The summed E-state index contributed by atoms with van der Waals surface area (Å²) in [6, 6.07) is 7.46. The molecule has 108 valence electrons. The SMILES string of the molecule is COc1nc(NC2CC2)nc(-c2ccc(C(N)=O)cc2)n1. The lowest BCUT2D eigenvalue weighted by Gasteiger charge is -2.07. The Kier molecular flexibility index (Phi) is 3.39. The highest BCUT2D eigenvalue weighted by Crippen LogP contribution is 2.25. The van der Waals surface area contributed by atoms with E-state index < -0.39 is 5.91 Å². The number of nitrogens with zero attached hydrogens (tertiary/aromatic N) is 3. The van der Waals surface area contributed by atoms with Gasteiger partial charge in [0.1, 0.15) is 0 Å². The van der Waals surface area contributed by atoms with Crippen LogP contribution in [0.2, 0.25) is 0 Å². The number of anilines is 1. The summed E-state index contributed by atoms with van der Waals surface area (Å²) < 4.78 is 5.10. The van der Waals surface area contributed by atoms with Gasteiger partial charge in [0.2, 0.25) is 11.9 Å². The highest BCUT2D eigenvalue weighted by atomic mass is 16.5. The molecule has 0 aliphatic heterocycles. The third-order valence-corrected chi connectivity index (χ3v) is 3.14. The maximum atomic E-state index is 11.1. The second kappa shape index (κ2) is 5.35. The first-order chi connectivity index (χ1) is 10.2. The van der Waals surface area contributed by atoms with Gasteiger partial charge in [-0.2, -0.15) is 15.0 Å². The Labute approximate surface area is 121 Å². The lowest BCUT2D eigenvalue weighted by molar-refractivity contribution is 0.100. The Morgan fingerprint density at radius 2 is 1.95 bits per heavy atom. The first-order valence-electron chi connectivity index (χ1n) is 6.62. The predicted molar refractivity (Wildman–Crippen MR) is 77.0 cm³/mol. The van der Waals surface area contributed by atoms with E-state index in [4.69, 9.17) is 10.5 Å². The fourth-order valence-corrected chi connectivity index (χ4v) is 1.84. The van der Waals surface area contributed by atoms with Crippen LogP contribution in [0.4, 0.5) is 5.95 Å². The van der Waals surface area contributed by atoms with Crippen LogP contribution < -0.4 is 15.8 Å². The lowest BCUT2D eigenvalue weighted by atomic mass is 10.1. The molecule has 1 aliphatic carbocycles. The molecule has 1 amide bonds. The summed E-state index contributed by atoms with van der Waals surface area (Å²) in [6.45, 7) is 0. The number of ether oxygens (including phenoxy) is 1. The normalized spacial score (nSPS) is 13.8. The van der Waals surface area contributed by atoms with Crippen molar-refractivity contribution in [2.45, 2.75) is 18.9 Å². The first-order valence-corrected chi connectivity index (χ1v) is 6.62. The maximum Gasteiger partial charge on any atom is 0.321 e. The topological polar surface area (TPSA) is 103 Å². The van der Waals surface area contributed by atoms with Crippen molar-refractivity contribution < 1.29 is 9.53 Å². The third kappa shape index (κ3) is 3.07. The number of nitrogens with two attached hydrogens (primary N) is 1. The van der Waals surface area contributed by atoms with Gasteiger partial charge in [0, 0.05) is 17.2 Å². The van der Waals surface area contributed by atoms with Gasteiger partial charge in [-0.3, -0.25) is 4.79 Å². The molecule has 0 saturated heterocycles. The monoisotopic (exact) mass is 285 g/mol. The molecular weight excluding hydrogens is 270 g/mol. The van der Waals surface area contributed by atoms with E-state index in [1.54, 1.807) is 24.3 Å². The van der Waals surface area contributed by atoms with Gasteiger partial charge < -0.3 is 15.8 Å². The number of nitrogens with one attached hydrogen (secondary N) is 1. The summed E-state index contributed by atoms with van der Waals surface area (Å²) in [7, 11) is 1.51. The molecule has 0 bridgehead atoms. The number of hydrogen-bond acceptors (Lipinski definition) is 6. The number of aromatic nitrogens is 3. The van der Waals surface area contributed by atoms with E-state index in [9.17, 15) is 4.79 Å². The molecule has 1 saturated carbocycles. The molecular formula is C14H15N5O2. The summed E-state index contributed by atoms with van der Waals surface area (Å²) in [5, 5.41) is 3.21. The van der Waals surface area contributed by atoms with Crippen LogP contribution in [0.15, 0.2) is 24.3 Å². The second-order valence-electron chi connectivity index (χ2n) is 4.83. The zero-order valence-corrected chi connectivity index (χ0v) is 11.5. The van der Waals surface area contributed by atoms with E-state index in [1.165, 1.54) is 7.11 Å². The minimum absolute atomic E-state index is 0.252. The van der Waals surface area contributed by atoms with Gasteiger partial charge in [-0.1, -0.05) is 12.1 Å². The van der Waals surface area contributed by atoms with E-state index in [2.05, 4.69) is 20.3 Å². The van der Waals surface area contributed by atoms with Crippen LogP contribution in [0.1, 0.15) is 23.2 Å².